The molecule has 11 heteroatoms. The standard InChI is InChI=1S/C8H5Cl7F4/c9-2-1-4(10)5(16,17)3-6(11,12)7(13,18)8(14,15)19/h1-2,4H,3H2. The number of alkyl halides is 10. The summed E-state index contributed by atoms with van der Waals surface area (Å²) in [6.45, 7) is 0. The number of hydrogen-bond donors (Lipinski definition) is 0. The summed E-state index contributed by atoms with van der Waals surface area (Å²) in [5.41, 5.74) is 0.710. The molecule has 0 heterocycles. The Kier molecular flexibility index (Phi) is 7.25. The van der Waals surface area contributed by atoms with E-state index in [0.717, 1.165) is 0 Å². The molecule has 2 unspecified atom stereocenters. The zero-order valence-corrected chi connectivity index (χ0v) is 13.9. The first-order chi connectivity index (χ1) is 8.19. The molecule has 0 amide bonds. The van der Waals surface area contributed by atoms with Crippen molar-refractivity contribution >= 4 is 81.2 Å². The van der Waals surface area contributed by atoms with Gasteiger partial charge in [-0.3, -0.25) is 0 Å². The molecule has 0 saturated carbocycles. The second-order valence-corrected chi connectivity index (χ2v) is 7.40. The molecule has 0 aromatic rings. The van der Waals surface area contributed by atoms with E-state index >= 15 is 0 Å². The lowest BCUT2D eigenvalue weighted by atomic mass is 10.1. The van der Waals surface area contributed by atoms with Crippen molar-refractivity contribution in [3.8, 4) is 0 Å². The molecule has 2 atom stereocenters. The lowest BCUT2D eigenvalue weighted by Gasteiger charge is -2.37. The second-order valence-electron chi connectivity index (χ2n) is 3.43. The van der Waals surface area contributed by atoms with Gasteiger partial charge in [-0.25, -0.2) is 17.6 Å². The lowest BCUT2D eigenvalue weighted by molar-refractivity contribution is -0.0201. The van der Waals surface area contributed by atoms with Crippen LogP contribution < -0.4 is 0 Å². The van der Waals surface area contributed by atoms with Gasteiger partial charge in [0.15, 0.2) is 4.33 Å². The van der Waals surface area contributed by atoms with Crippen molar-refractivity contribution in [2.45, 2.75) is 31.8 Å². The van der Waals surface area contributed by atoms with Gasteiger partial charge in [0.25, 0.3) is 11.1 Å². The maximum Gasteiger partial charge on any atom is 0.308 e. The molecule has 0 aliphatic rings. The third kappa shape index (κ3) is 5.01. The Labute approximate surface area is 141 Å². The van der Waals surface area contributed by atoms with E-state index in [0.29, 0.717) is 11.6 Å². The SMILES string of the molecule is FC(F)(CC(Cl)(Cl)C(F)(Cl)C(F)(Cl)Cl)C(Cl)C=CCl. The fraction of sp³-hybridized carbons (Fsp3) is 0.750. The topological polar surface area (TPSA) is 0 Å². The van der Waals surface area contributed by atoms with Gasteiger partial charge in [-0.1, -0.05) is 69.6 Å². The van der Waals surface area contributed by atoms with Crippen LogP contribution in [0.1, 0.15) is 6.42 Å². The van der Waals surface area contributed by atoms with Crippen LogP contribution in [0.5, 0.6) is 0 Å². The van der Waals surface area contributed by atoms with E-state index in [4.69, 9.17) is 81.2 Å². The van der Waals surface area contributed by atoms with Crippen molar-refractivity contribution < 1.29 is 17.6 Å². The molecule has 0 N–H and O–H groups in total. The van der Waals surface area contributed by atoms with Gasteiger partial charge in [0.1, 0.15) is 5.38 Å². The highest BCUT2D eigenvalue weighted by Crippen LogP contribution is 2.57. The molecular formula is C8H5Cl7F4. The van der Waals surface area contributed by atoms with Crippen LogP contribution in [0.25, 0.3) is 0 Å². The summed E-state index contributed by atoms with van der Waals surface area (Å²) >= 11 is 35.5. The molecule has 0 aliphatic carbocycles. The molecule has 0 aromatic heterocycles. The minimum Gasteiger partial charge on any atom is -0.216 e. The molecule has 0 rings (SSSR count). The minimum atomic E-state index is -3.91. The van der Waals surface area contributed by atoms with Gasteiger partial charge >= 0.3 is 4.59 Å². The average Bonchev–Trinajstić information content (AvgIpc) is 2.14. The predicted molar refractivity (Wildman–Crippen MR) is 73.9 cm³/mol. The molecule has 0 nitrogen and oxygen atoms in total. The summed E-state index contributed by atoms with van der Waals surface area (Å²) in [4.78, 5) is 0. The second kappa shape index (κ2) is 6.72. The summed E-state index contributed by atoms with van der Waals surface area (Å²) in [5.74, 6) is -3.86. The van der Waals surface area contributed by atoms with Crippen molar-refractivity contribution in [3.05, 3.63) is 11.6 Å². The molecule has 19 heavy (non-hydrogen) atoms. The molecule has 0 radical (unpaired) electrons. The molecule has 0 fully saturated rings. The van der Waals surface area contributed by atoms with Gasteiger partial charge in [-0.05, 0) is 6.08 Å². The Morgan fingerprint density at radius 1 is 0.947 bits per heavy atom. The first kappa shape index (κ1) is 20.5. The van der Waals surface area contributed by atoms with Gasteiger partial charge in [-0.15, -0.1) is 11.6 Å². The third-order valence-corrected chi connectivity index (χ3v) is 4.81. The van der Waals surface area contributed by atoms with Gasteiger partial charge in [0.2, 0.25) is 0 Å². The van der Waals surface area contributed by atoms with Crippen LogP contribution in [0.2, 0.25) is 0 Å². The number of rotatable bonds is 6. The van der Waals surface area contributed by atoms with E-state index in [1.165, 1.54) is 0 Å². The van der Waals surface area contributed by atoms with Crippen LogP contribution >= 0.6 is 81.2 Å². The van der Waals surface area contributed by atoms with Crippen LogP contribution in [-0.4, -0.2) is 25.3 Å². The van der Waals surface area contributed by atoms with Crippen molar-refractivity contribution in [1.82, 2.24) is 0 Å². The maximum atomic E-state index is 13.8. The molecule has 0 spiro atoms. The summed E-state index contributed by atoms with van der Waals surface area (Å²) in [6.07, 6.45) is -0.977. The third-order valence-electron chi connectivity index (χ3n) is 1.92. The summed E-state index contributed by atoms with van der Waals surface area (Å²) in [5, 5.41) is -5.88. The molecule has 0 aromatic carbocycles. The Bertz CT molecular complexity index is 336. The van der Waals surface area contributed by atoms with Crippen LogP contribution in [0, 0.1) is 0 Å². The monoisotopic (exact) mass is 422 g/mol. The van der Waals surface area contributed by atoms with E-state index in [2.05, 4.69) is 0 Å². The first-order valence-electron chi connectivity index (χ1n) is 4.30. The lowest BCUT2D eigenvalue weighted by Crippen LogP contribution is -2.52. The number of hydrogen-bond acceptors (Lipinski definition) is 0. The summed E-state index contributed by atoms with van der Waals surface area (Å²) in [7, 11) is 0. The fourth-order valence-electron chi connectivity index (χ4n) is 0.917. The Hall–Kier alpha value is 1.49. The van der Waals surface area contributed by atoms with Crippen LogP contribution in [0.15, 0.2) is 11.6 Å². The number of allylic oxidation sites excluding steroid dienone is 1. The van der Waals surface area contributed by atoms with E-state index in [1.54, 1.807) is 0 Å². The predicted octanol–water partition coefficient (Wildman–Crippen LogP) is 6.55. The largest absolute Gasteiger partial charge is 0.308 e. The molecule has 0 aliphatic heterocycles. The van der Waals surface area contributed by atoms with Crippen LogP contribution in [0.3, 0.4) is 0 Å². The first-order valence-corrected chi connectivity index (χ1v) is 7.06. The summed E-state index contributed by atoms with van der Waals surface area (Å²) < 4.78 is 47.1. The zero-order valence-electron chi connectivity index (χ0n) is 8.60. The van der Waals surface area contributed by atoms with E-state index < -0.39 is 31.8 Å². The average molecular weight is 425 g/mol. The van der Waals surface area contributed by atoms with Crippen molar-refractivity contribution in [2.75, 3.05) is 0 Å². The quantitative estimate of drug-likeness (QED) is 0.334. The highest BCUT2D eigenvalue weighted by molar-refractivity contribution is 6.59. The fourth-order valence-corrected chi connectivity index (χ4v) is 2.49. The Morgan fingerprint density at radius 2 is 1.37 bits per heavy atom. The van der Waals surface area contributed by atoms with Gasteiger partial charge in [0, 0.05) is 5.54 Å². The van der Waals surface area contributed by atoms with Crippen molar-refractivity contribution in [2.24, 2.45) is 0 Å². The van der Waals surface area contributed by atoms with E-state index in [9.17, 15) is 17.6 Å². The highest BCUT2D eigenvalue weighted by Gasteiger charge is 2.66. The van der Waals surface area contributed by atoms with Crippen LogP contribution in [-0.2, 0) is 0 Å². The highest BCUT2D eigenvalue weighted by atomic mass is 35.5. The van der Waals surface area contributed by atoms with Crippen molar-refractivity contribution in [3.63, 3.8) is 0 Å². The molecule has 0 bridgehead atoms. The van der Waals surface area contributed by atoms with Gasteiger partial charge < -0.3 is 0 Å². The zero-order chi connectivity index (χ0) is 15.7. The Balaban J connectivity index is 5.26. The normalized spacial score (nSPS) is 19.5. The van der Waals surface area contributed by atoms with E-state index in [-0.39, 0.29) is 0 Å². The van der Waals surface area contributed by atoms with Crippen LogP contribution in [0.4, 0.5) is 17.6 Å². The summed E-state index contributed by atoms with van der Waals surface area (Å²) in [6, 6.07) is 0. The van der Waals surface area contributed by atoms with Gasteiger partial charge in [-0.2, -0.15) is 0 Å². The van der Waals surface area contributed by atoms with E-state index in [1.807, 2.05) is 0 Å². The van der Waals surface area contributed by atoms with Crippen molar-refractivity contribution in [1.29, 1.82) is 0 Å². The van der Waals surface area contributed by atoms with Gasteiger partial charge in [0.05, 0.1) is 6.42 Å². The minimum absolute atomic E-state index is 0.686. The Morgan fingerprint density at radius 3 is 1.68 bits per heavy atom. The molecule has 0 saturated heterocycles. The smallest absolute Gasteiger partial charge is 0.216 e. The number of halogens is 11. The molecule has 114 valence electrons. The molecular weight excluding hydrogens is 420 g/mol. The maximum absolute atomic E-state index is 13.8.